The molecule has 1 saturated carbocycles. The molecule has 1 saturated heterocycles. The Morgan fingerprint density at radius 1 is 1.47 bits per heavy atom. The van der Waals surface area contributed by atoms with Crippen molar-refractivity contribution < 1.29 is 4.79 Å². The van der Waals surface area contributed by atoms with Crippen LogP contribution in [0.15, 0.2) is 6.07 Å². The van der Waals surface area contributed by atoms with Crippen LogP contribution in [0.25, 0.3) is 0 Å². The number of carbonyl (C=O) groups excluding carboxylic acids is 1. The summed E-state index contributed by atoms with van der Waals surface area (Å²) in [5.41, 5.74) is 1.47. The lowest BCUT2D eigenvalue weighted by molar-refractivity contribution is 0.144. The van der Waals surface area contributed by atoms with Crippen LogP contribution in [0.4, 0.5) is 10.6 Å². The maximum absolute atomic E-state index is 12.3. The van der Waals surface area contributed by atoms with Gasteiger partial charge in [0.1, 0.15) is 5.82 Å². The van der Waals surface area contributed by atoms with E-state index in [1.54, 1.807) is 4.68 Å². The Balaban J connectivity index is 1.63. The number of hydrogen-bond acceptors (Lipinski definition) is 2. The molecular weight excluding hydrogens is 240 g/mol. The van der Waals surface area contributed by atoms with E-state index < -0.39 is 0 Å². The summed E-state index contributed by atoms with van der Waals surface area (Å²) >= 11 is 0. The van der Waals surface area contributed by atoms with Crippen LogP contribution in [-0.2, 0) is 13.5 Å². The highest BCUT2D eigenvalue weighted by molar-refractivity contribution is 5.88. The lowest BCUT2D eigenvalue weighted by atomic mass is 9.68. The second-order valence-electron chi connectivity index (χ2n) is 5.95. The van der Waals surface area contributed by atoms with Crippen LogP contribution in [0.2, 0.25) is 0 Å². The molecule has 5 heteroatoms. The van der Waals surface area contributed by atoms with E-state index in [1.807, 2.05) is 18.0 Å². The SMILES string of the molecule is CCc1cc(NC(=O)N2CCC3(CCC3)C2)n(C)n1. The zero-order valence-electron chi connectivity index (χ0n) is 11.8. The predicted octanol–water partition coefficient (Wildman–Crippen LogP) is 2.39. The fourth-order valence-electron chi connectivity index (χ4n) is 3.20. The Kier molecular flexibility index (Phi) is 2.99. The fourth-order valence-corrected chi connectivity index (χ4v) is 3.20. The molecule has 1 aliphatic carbocycles. The van der Waals surface area contributed by atoms with Crippen molar-refractivity contribution in [3.8, 4) is 0 Å². The highest BCUT2D eigenvalue weighted by Crippen LogP contribution is 2.47. The summed E-state index contributed by atoms with van der Waals surface area (Å²) in [6.07, 6.45) is 5.98. The van der Waals surface area contributed by atoms with Crippen LogP contribution in [0.5, 0.6) is 0 Å². The molecule has 1 aromatic heterocycles. The summed E-state index contributed by atoms with van der Waals surface area (Å²) < 4.78 is 1.74. The van der Waals surface area contributed by atoms with Crippen LogP contribution < -0.4 is 5.32 Å². The number of aromatic nitrogens is 2. The van der Waals surface area contributed by atoms with Gasteiger partial charge in [-0.1, -0.05) is 13.3 Å². The molecule has 2 aliphatic rings. The molecule has 1 aromatic rings. The summed E-state index contributed by atoms with van der Waals surface area (Å²) in [7, 11) is 1.87. The van der Waals surface area contributed by atoms with E-state index in [-0.39, 0.29) is 6.03 Å². The van der Waals surface area contributed by atoms with Gasteiger partial charge in [-0.05, 0) is 31.1 Å². The molecule has 104 valence electrons. The smallest absolute Gasteiger partial charge is 0.323 e. The minimum atomic E-state index is 0.0226. The van der Waals surface area contributed by atoms with Gasteiger partial charge in [0.2, 0.25) is 0 Å². The second-order valence-corrected chi connectivity index (χ2v) is 5.95. The number of nitrogens with one attached hydrogen (secondary N) is 1. The maximum Gasteiger partial charge on any atom is 0.323 e. The van der Waals surface area contributed by atoms with Crippen LogP contribution in [0, 0.1) is 5.41 Å². The topological polar surface area (TPSA) is 50.2 Å². The number of aryl methyl sites for hydroxylation is 2. The molecule has 2 heterocycles. The number of likely N-dealkylation sites (tertiary alicyclic amines) is 1. The van der Waals surface area contributed by atoms with Gasteiger partial charge >= 0.3 is 6.03 Å². The first kappa shape index (κ1) is 12.5. The van der Waals surface area contributed by atoms with Crippen LogP contribution in [0.1, 0.15) is 38.3 Å². The van der Waals surface area contributed by atoms with Gasteiger partial charge in [-0.25, -0.2) is 4.79 Å². The summed E-state index contributed by atoms with van der Waals surface area (Å²) in [6, 6.07) is 1.97. The third-order valence-corrected chi connectivity index (χ3v) is 4.67. The standard InChI is InChI=1S/C14H22N4O/c1-3-11-9-12(17(2)16-11)15-13(19)18-8-7-14(10-18)5-4-6-14/h9H,3-8,10H2,1-2H3,(H,15,19). The van der Waals surface area contributed by atoms with Crippen molar-refractivity contribution in [1.82, 2.24) is 14.7 Å². The zero-order chi connectivity index (χ0) is 13.5. The van der Waals surface area contributed by atoms with Crippen LogP contribution in [-0.4, -0.2) is 33.8 Å². The molecule has 2 amide bonds. The molecule has 5 nitrogen and oxygen atoms in total. The minimum absolute atomic E-state index is 0.0226. The van der Waals surface area contributed by atoms with E-state index in [2.05, 4.69) is 17.3 Å². The monoisotopic (exact) mass is 262 g/mol. The van der Waals surface area contributed by atoms with E-state index >= 15 is 0 Å². The van der Waals surface area contributed by atoms with E-state index in [4.69, 9.17) is 0 Å². The zero-order valence-corrected chi connectivity index (χ0v) is 11.8. The highest BCUT2D eigenvalue weighted by Gasteiger charge is 2.44. The molecule has 1 spiro atoms. The van der Waals surface area contributed by atoms with E-state index in [0.717, 1.165) is 31.0 Å². The highest BCUT2D eigenvalue weighted by atomic mass is 16.2. The molecule has 0 aromatic carbocycles. The Morgan fingerprint density at radius 3 is 2.79 bits per heavy atom. The van der Waals surface area contributed by atoms with E-state index in [9.17, 15) is 4.79 Å². The van der Waals surface area contributed by atoms with Gasteiger partial charge in [0.25, 0.3) is 0 Å². The average Bonchev–Trinajstić information content (AvgIpc) is 2.93. The van der Waals surface area contributed by atoms with Gasteiger partial charge in [0.15, 0.2) is 0 Å². The van der Waals surface area contributed by atoms with E-state index in [0.29, 0.717) is 5.41 Å². The first-order valence-corrected chi connectivity index (χ1v) is 7.21. The number of nitrogens with zero attached hydrogens (tertiary/aromatic N) is 3. The normalized spacial score (nSPS) is 20.6. The molecule has 2 fully saturated rings. The van der Waals surface area contributed by atoms with Gasteiger partial charge in [0.05, 0.1) is 5.69 Å². The summed E-state index contributed by atoms with van der Waals surface area (Å²) in [6.45, 7) is 3.89. The van der Waals surface area contributed by atoms with Crippen molar-refractivity contribution in [2.45, 2.75) is 39.0 Å². The molecule has 0 unspecified atom stereocenters. The largest absolute Gasteiger partial charge is 0.324 e. The number of amides is 2. The van der Waals surface area contributed by atoms with Crippen LogP contribution in [0.3, 0.4) is 0 Å². The van der Waals surface area contributed by atoms with Gasteiger partial charge in [-0.2, -0.15) is 5.10 Å². The number of rotatable bonds is 2. The molecule has 1 aliphatic heterocycles. The minimum Gasteiger partial charge on any atom is -0.324 e. The third kappa shape index (κ3) is 2.22. The summed E-state index contributed by atoms with van der Waals surface area (Å²) in [5, 5.41) is 7.33. The predicted molar refractivity (Wildman–Crippen MR) is 74.1 cm³/mol. The number of anilines is 1. The van der Waals surface area contributed by atoms with Crippen LogP contribution >= 0.6 is 0 Å². The van der Waals surface area contributed by atoms with Gasteiger partial charge < -0.3 is 4.90 Å². The Hall–Kier alpha value is -1.52. The fraction of sp³-hybridized carbons (Fsp3) is 0.714. The number of carbonyl (C=O) groups is 1. The maximum atomic E-state index is 12.3. The van der Waals surface area contributed by atoms with Crippen molar-refractivity contribution in [2.75, 3.05) is 18.4 Å². The first-order valence-electron chi connectivity index (χ1n) is 7.21. The van der Waals surface area contributed by atoms with Gasteiger partial charge in [-0.3, -0.25) is 10.00 Å². The molecule has 0 atom stereocenters. The van der Waals surface area contributed by atoms with Crippen molar-refractivity contribution >= 4 is 11.8 Å². The van der Waals surface area contributed by atoms with Gasteiger partial charge in [-0.15, -0.1) is 0 Å². The van der Waals surface area contributed by atoms with Crippen molar-refractivity contribution in [3.05, 3.63) is 11.8 Å². The summed E-state index contributed by atoms with van der Waals surface area (Å²) in [5.74, 6) is 0.788. The Bertz CT molecular complexity index is 490. The lowest BCUT2D eigenvalue weighted by Crippen LogP contribution is -2.38. The lowest BCUT2D eigenvalue weighted by Gasteiger charge is -2.37. The molecule has 3 rings (SSSR count). The third-order valence-electron chi connectivity index (χ3n) is 4.67. The second kappa shape index (κ2) is 4.54. The molecule has 0 bridgehead atoms. The molecule has 0 radical (unpaired) electrons. The Morgan fingerprint density at radius 2 is 2.26 bits per heavy atom. The average molecular weight is 262 g/mol. The molecular formula is C14H22N4O. The van der Waals surface area contributed by atoms with Crippen molar-refractivity contribution in [1.29, 1.82) is 0 Å². The van der Waals surface area contributed by atoms with Crippen molar-refractivity contribution in [2.24, 2.45) is 12.5 Å². The summed E-state index contributed by atoms with van der Waals surface area (Å²) in [4.78, 5) is 14.2. The first-order chi connectivity index (χ1) is 9.12. The van der Waals surface area contributed by atoms with E-state index in [1.165, 1.54) is 25.7 Å². The number of hydrogen-bond donors (Lipinski definition) is 1. The Labute approximate surface area is 114 Å². The van der Waals surface area contributed by atoms with Gasteiger partial charge in [0, 0.05) is 26.2 Å². The molecule has 19 heavy (non-hydrogen) atoms. The number of urea groups is 1. The van der Waals surface area contributed by atoms with Crippen molar-refractivity contribution in [3.63, 3.8) is 0 Å². The quantitative estimate of drug-likeness (QED) is 0.889. The molecule has 1 N–H and O–H groups in total.